The summed E-state index contributed by atoms with van der Waals surface area (Å²) in [5.74, 6) is 0.877. The molecule has 0 bridgehead atoms. The molecule has 0 rings (SSSR count). The lowest BCUT2D eigenvalue weighted by molar-refractivity contribution is 0.105. The first-order valence-electron chi connectivity index (χ1n) is 7.43. The van der Waals surface area contributed by atoms with E-state index in [1.807, 2.05) is 0 Å². The van der Waals surface area contributed by atoms with Crippen LogP contribution in [0, 0.1) is 5.92 Å². The van der Waals surface area contributed by atoms with Gasteiger partial charge in [0.2, 0.25) is 0 Å². The first-order chi connectivity index (χ1) is 8.17. The van der Waals surface area contributed by atoms with Crippen molar-refractivity contribution >= 4 is 0 Å². The van der Waals surface area contributed by atoms with Crippen LogP contribution >= 0.6 is 0 Å². The van der Waals surface area contributed by atoms with Gasteiger partial charge >= 0.3 is 0 Å². The summed E-state index contributed by atoms with van der Waals surface area (Å²) in [4.78, 5) is 0. The van der Waals surface area contributed by atoms with Crippen LogP contribution in [0.4, 0.5) is 0 Å². The van der Waals surface area contributed by atoms with E-state index in [9.17, 15) is 0 Å². The molecule has 0 aliphatic carbocycles. The highest BCUT2D eigenvalue weighted by Gasteiger charge is 2.14. The van der Waals surface area contributed by atoms with Crippen LogP contribution in [0.2, 0.25) is 0 Å². The number of rotatable bonds is 11. The molecule has 2 unspecified atom stereocenters. The Morgan fingerprint density at radius 2 is 1.71 bits per heavy atom. The first-order valence-corrected chi connectivity index (χ1v) is 7.43. The smallest absolute Gasteiger partial charge is 0.0543 e. The van der Waals surface area contributed by atoms with Crippen molar-refractivity contribution < 1.29 is 4.74 Å². The zero-order valence-corrected chi connectivity index (χ0v) is 12.6. The van der Waals surface area contributed by atoms with E-state index in [1.165, 1.54) is 32.1 Å². The highest BCUT2D eigenvalue weighted by Crippen LogP contribution is 2.18. The Morgan fingerprint density at radius 1 is 1.06 bits per heavy atom. The molecule has 0 saturated heterocycles. The van der Waals surface area contributed by atoms with Crippen molar-refractivity contribution in [1.82, 2.24) is 5.32 Å². The molecule has 104 valence electrons. The molecule has 0 aromatic heterocycles. The van der Waals surface area contributed by atoms with E-state index in [-0.39, 0.29) is 0 Å². The summed E-state index contributed by atoms with van der Waals surface area (Å²) in [5.41, 5.74) is 0. The maximum absolute atomic E-state index is 5.33. The molecule has 17 heavy (non-hydrogen) atoms. The van der Waals surface area contributed by atoms with Gasteiger partial charge in [-0.1, -0.05) is 33.6 Å². The van der Waals surface area contributed by atoms with Gasteiger partial charge in [-0.2, -0.15) is 0 Å². The Labute approximate surface area is 109 Å². The second-order valence-electron chi connectivity index (χ2n) is 5.19. The second kappa shape index (κ2) is 11.0. The largest absolute Gasteiger partial charge is 0.382 e. The van der Waals surface area contributed by atoms with E-state index < -0.39 is 0 Å². The highest BCUT2D eigenvalue weighted by molar-refractivity contribution is 4.72. The summed E-state index contributed by atoms with van der Waals surface area (Å²) >= 11 is 0. The Hall–Kier alpha value is -0.0800. The Balaban J connectivity index is 4.02. The maximum atomic E-state index is 5.33. The minimum Gasteiger partial charge on any atom is -0.382 e. The third-order valence-corrected chi connectivity index (χ3v) is 3.78. The summed E-state index contributed by atoms with van der Waals surface area (Å²) < 4.78 is 5.33. The Kier molecular flexibility index (Phi) is 11.0. The molecule has 0 fully saturated rings. The monoisotopic (exact) mass is 243 g/mol. The van der Waals surface area contributed by atoms with E-state index in [0.29, 0.717) is 12.1 Å². The number of hydrogen-bond donors (Lipinski definition) is 1. The lowest BCUT2D eigenvalue weighted by Gasteiger charge is -2.24. The van der Waals surface area contributed by atoms with Crippen LogP contribution in [0.3, 0.4) is 0 Å². The van der Waals surface area contributed by atoms with Crippen LogP contribution in [0.25, 0.3) is 0 Å². The van der Waals surface area contributed by atoms with E-state index in [4.69, 9.17) is 4.74 Å². The quantitative estimate of drug-likeness (QED) is 0.592. The summed E-state index contributed by atoms with van der Waals surface area (Å²) in [6.07, 6.45) is 7.95. The normalized spacial score (nSPS) is 15.2. The Bertz CT molecular complexity index is 157. The molecule has 0 spiro atoms. The molecular formula is C15H33NO. The molecule has 2 nitrogen and oxygen atoms in total. The molecule has 0 heterocycles. The number of methoxy groups -OCH3 is 1. The number of hydrogen-bond acceptors (Lipinski definition) is 2. The van der Waals surface area contributed by atoms with Crippen molar-refractivity contribution in [3.8, 4) is 0 Å². The van der Waals surface area contributed by atoms with Crippen molar-refractivity contribution in [3.05, 3.63) is 0 Å². The molecule has 0 amide bonds. The van der Waals surface area contributed by atoms with Gasteiger partial charge in [0.15, 0.2) is 0 Å². The zero-order valence-electron chi connectivity index (χ0n) is 12.6. The predicted molar refractivity (Wildman–Crippen MR) is 76.5 cm³/mol. The fraction of sp³-hybridized carbons (Fsp3) is 1.00. The van der Waals surface area contributed by atoms with Gasteiger partial charge in [-0.25, -0.2) is 0 Å². The third-order valence-electron chi connectivity index (χ3n) is 3.78. The molecule has 0 aromatic rings. The van der Waals surface area contributed by atoms with Crippen LogP contribution in [0.1, 0.15) is 66.2 Å². The van der Waals surface area contributed by atoms with Crippen LogP contribution in [0.5, 0.6) is 0 Å². The van der Waals surface area contributed by atoms with Crippen molar-refractivity contribution in [2.75, 3.05) is 13.7 Å². The van der Waals surface area contributed by atoms with Gasteiger partial charge < -0.3 is 10.1 Å². The zero-order chi connectivity index (χ0) is 13.1. The van der Waals surface area contributed by atoms with Crippen LogP contribution < -0.4 is 5.32 Å². The van der Waals surface area contributed by atoms with Crippen LogP contribution in [-0.4, -0.2) is 25.8 Å². The first kappa shape index (κ1) is 16.9. The lowest BCUT2D eigenvalue weighted by Crippen LogP contribution is -2.32. The molecule has 1 N–H and O–H groups in total. The highest BCUT2D eigenvalue weighted by atomic mass is 16.5. The lowest BCUT2D eigenvalue weighted by atomic mass is 9.92. The van der Waals surface area contributed by atoms with Crippen molar-refractivity contribution in [2.24, 2.45) is 5.92 Å². The van der Waals surface area contributed by atoms with Gasteiger partial charge in [0.1, 0.15) is 0 Å². The summed E-state index contributed by atoms with van der Waals surface area (Å²) in [6.45, 7) is 10.2. The summed E-state index contributed by atoms with van der Waals surface area (Å²) in [5, 5.41) is 3.69. The minimum atomic E-state index is 0.391. The molecule has 0 radical (unpaired) electrons. The van der Waals surface area contributed by atoms with Crippen LogP contribution in [0.15, 0.2) is 0 Å². The summed E-state index contributed by atoms with van der Waals surface area (Å²) in [7, 11) is 1.81. The fourth-order valence-corrected chi connectivity index (χ4v) is 2.23. The number of ether oxygens (including phenoxy) is 1. The SMILES string of the molecule is CCCNC(CCC(C)OC)CC(CC)CC. The molecule has 0 aliphatic heterocycles. The Morgan fingerprint density at radius 3 is 2.18 bits per heavy atom. The van der Waals surface area contributed by atoms with Crippen molar-refractivity contribution in [2.45, 2.75) is 78.4 Å². The standard InChI is InChI=1S/C15H33NO/c1-6-11-16-15(10-9-13(4)17-5)12-14(7-2)8-3/h13-16H,6-12H2,1-5H3. The van der Waals surface area contributed by atoms with Gasteiger partial charge in [0.25, 0.3) is 0 Å². The maximum Gasteiger partial charge on any atom is 0.0543 e. The van der Waals surface area contributed by atoms with Gasteiger partial charge in [0.05, 0.1) is 6.10 Å². The van der Waals surface area contributed by atoms with Gasteiger partial charge in [-0.05, 0) is 45.1 Å². The van der Waals surface area contributed by atoms with Crippen molar-refractivity contribution in [1.29, 1.82) is 0 Å². The van der Waals surface area contributed by atoms with Gasteiger partial charge in [-0.15, -0.1) is 0 Å². The van der Waals surface area contributed by atoms with Crippen LogP contribution in [-0.2, 0) is 4.74 Å². The van der Waals surface area contributed by atoms with E-state index in [1.54, 1.807) is 7.11 Å². The topological polar surface area (TPSA) is 21.3 Å². The van der Waals surface area contributed by atoms with E-state index in [0.717, 1.165) is 18.9 Å². The molecule has 2 heteroatoms. The van der Waals surface area contributed by atoms with Gasteiger partial charge in [-0.3, -0.25) is 0 Å². The molecule has 2 atom stereocenters. The van der Waals surface area contributed by atoms with E-state index >= 15 is 0 Å². The molecule has 0 saturated carbocycles. The molecule has 0 aromatic carbocycles. The van der Waals surface area contributed by atoms with E-state index in [2.05, 4.69) is 33.0 Å². The summed E-state index contributed by atoms with van der Waals surface area (Å²) in [6, 6.07) is 0.678. The van der Waals surface area contributed by atoms with Gasteiger partial charge in [0, 0.05) is 13.2 Å². The molecular weight excluding hydrogens is 210 g/mol. The third kappa shape index (κ3) is 8.62. The minimum absolute atomic E-state index is 0.391. The second-order valence-corrected chi connectivity index (χ2v) is 5.19. The molecule has 0 aliphatic rings. The average Bonchev–Trinajstić information content (AvgIpc) is 2.37. The predicted octanol–water partition coefficient (Wildman–Crippen LogP) is 4.00. The number of nitrogens with one attached hydrogen (secondary N) is 1. The fourth-order valence-electron chi connectivity index (χ4n) is 2.23. The average molecular weight is 243 g/mol. The van der Waals surface area contributed by atoms with Crippen molar-refractivity contribution in [3.63, 3.8) is 0 Å².